The lowest BCUT2D eigenvalue weighted by atomic mass is 10.1. The molecule has 0 heterocycles. The van der Waals surface area contributed by atoms with E-state index in [9.17, 15) is 13.2 Å². The number of nitrogens with zero attached hydrogens (tertiary/aromatic N) is 1. The number of hydrogen-bond acceptors (Lipinski definition) is 2. The molecule has 2 nitrogen and oxygen atoms in total. The minimum absolute atomic E-state index is 0.130. The molecule has 2 rings (SSSR count). The lowest BCUT2D eigenvalue weighted by molar-refractivity contribution is 0.560. The molecule has 1 N–H and O–H groups in total. The molecule has 0 aliphatic carbocycles. The van der Waals surface area contributed by atoms with Crippen molar-refractivity contribution in [2.24, 2.45) is 0 Å². The molecule has 2 aromatic rings. The van der Waals surface area contributed by atoms with Crippen molar-refractivity contribution in [3.63, 3.8) is 0 Å². The molecule has 2 aromatic carbocycles. The van der Waals surface area contributed by atoms with Crippen molar-refractivity contribution in [3.05, 3.63) is 64.5 Å². The van der Waals surface area contributed by atoms with Crippen LogP contribution in [0.1, 0.15) is 16.7 Å². The summed E-state index contributed by atoms with van der Waals surface area (Å²) in [6.07, 6.45) is 0. The summed E-state index contributed by atoms with van der Waals surface area (Å²) in [6.45, 7) is 1.39. The van der Waals surface area contributed by atoms with Crippen molar-refractivity contribution in [1.82, 2.24) is 0 Å². The first kappa shape index (κ1) is 13.9. The van der Waals surface area contributed by atoms with Gasteiger partial charge in [-0.15, -0.1) is 0 Å². The van der Waals surface area contributed by atoms with Crippen LogP contribution in [-0.2, 0) is 6.54 Å². The van der Waals surface area contributed by atoms with Crippen LogP contribution in [0, 0.1) is 35.7 Å². The lowest BCUT2D eigenvalue weighted by Crippen LogP contribution is -2.06. The monoisotopic (exact) mass is 276 g/mol. The summed E-state index contributed by atoms with van der Waals surface area (Å²) in [4.78, 5) is 0. The highest BCUT2D eigenvalue weighted by Crippen LogP contribution is 2.22. The van der Waals surface area contributed by atoms with Gasteiger partial charge in [-0.1, -0.05) is 6.07 Å². The van der Waals surface area contributed by atoms with Crippen LogP contribution in [0.5, 0.6) is 0 Å². The van der Waals surface area contributed by atoms with Gasteiger partial charge in [-0.25, -0.2) is 13.2 Å². The fourth-order valence-corrected chi connectivity index (χ4v) is 1.81. The third-order valence-corrected chi connectivity index (χ3v) is 2.99. The second-order valence-electron chi connectivity index (χ2n) is 4.30. The molecule has 0 spiro atoms. The van der Waals surface area contributed by atoms with Crippen molar-refractivity contribution in [3.8, 4) is 6.07 Å². The van der Waals surface area contributed by atoms with E-state index in [2.05, 4.69) is 5.32 Å². The average molecular weight is 276 g/mol. The van der Waals surface area contributed by atoms with Gasteiger partial charge in [0.2, 0.25) is 0 Å². The Morgan fingerprint density at radius 3 is 2.35 bits per heavy atom. The second kappa shape index (κ2) is 5.66. The van der Waals surface area contributed by atoms with E-state index in [0.29, 0.717) is 11.3 Å². The van der Waals surface area contributed by atoms with Gasteiger partial charge < -0.3 is 5.32 Å². The van der Waals surface area contributed by atoms with E-state index < -0.39 is 17.5 Å². The van der Waals surface area contributed by atoms with Crippen LogP contribution in [0.15, 0.2) is 30.3 Å². The number of rotatable bonds is 3. The van der Waals surface area contributed by atoms with Gasteiger partial charge in [-0.3, -0.25) is 0 Å². The van der Waals surface area contributed by atoms with Crippen LogP contribution >= 0.6 is 0 Å². The molecule has 0 bridgehead atoms. The summed E-state index contributed by atoms with van der Waals surface area (Å²) >= 11 is 0. The molecule has 0 saturated heterocycles. The highest BCUT2D eigenvalue weighted by molar-refractivity contribution is 5.56. The van der Waals surface area contributed by atoms with Gasteiger partial charge >= 0.3 is 0 Å². The fraction of sp³-hybridized carbons (Fsp3) is 0.133. The van der Waals surface area contributed by atoms with Gasteiger partial charge in [0.15, 0.2) is 0 Å². The zero-order chi connectivity index (χ0) is 14.7. The topological polar surface area (TPSA) is 35.8 Å². The Bertz CT molecular complexity index is 670. The van der Waals surface area contributed by atoms with Crippen LogP contribution in [0.25, 0.3) is 0 Å². The van der Waals surface area contributed by atoms with Crippen molar-refractivity contribution in [2.45, 2.75) is 13.5 Å². The van der Waals surface area contributed by atoms with Crippen LogP contribution in [0.2, 0.25) is 0 Å². The zero-order valence-electron chi connectivity index (χ0n) is 10.7. The molecule has 0 atom stereocenters. The highest BCUT2D eigenvalue weighted by Gasteiger charge is 2.11. The minimum Gasteiger partial charge on any atom is -0.380 e. The van der Waals surface area contributed by atoms with Crippen LogP contribution in [0.4, 0.5) is 18.9 Å². The zero-order valence-corrected chi connectivity index (χ0v) is 10.7. The first-order valence-electron chi connectivity index (χ1n) is 5.90. The predicted molar refractivity (Wildman–Crippen MR) is 69.5 cm³/mol. The number of anilines is 1. The fourth-order valence-electron chi connectivity index (χ4n) is 1.81. The molecular formula is C15H11F3N2. The summed E-state index contributed by atoms with van der Waals surface area (Å²) < 4.78 is 40.5. The molecule has 0 aliphatic heterocycles. The average Bonchev–Trinajstić information content (AvgIpc) is 2.42. The minimum atomic E-state index is -0.674. The van der Waals surface area contributed by atoms with Crippen molar-refractivity contribution >= 4 is 5.69 Å². The van der Waals surface area contributed by atoms with Gasteiger partial charge in [0.1, 0.15) is 17.5 Å². The SMILES string of the molecule is Cc1c(F)cc(C#N)cc1NCc1c(F)cccc1F. The van der Waals surface area contributed by atoms with Crippen molar-refractivity contribution in [1.29, 1.82) is 5.26 Å². The normalized spacial score (nSPS) is 10.2. The van der Waals surface area contributed by atoms with E-state index in [-0.39, 0.29) is 17.7 Å². The molecule has 0 amide bonds. The van der Waals surface area contributed by atoms with Crippen LogP contribution < -0.4 is 5.32 Å². The Morgan fingerprint density at radius 1 is 1.10 bits per heavy atom. The number of hydrogen-bond donors (Lipinski definition) is 1. The Kier molecular flexibility index (Phi) is 3.94. The Morgan fingerprint density at radius 2 is 1.75 bits per heavy atom. The van der Waals surface area contributed by atoms with Crippen LogP contribution in [-0.4, -0.2) is 0 Å². The van der Waals surface area contributed by atoms with E-state index >= 15 is 0 Å². The predicted octanol–water partition coefficient (Wildman–Crippen LogP) is 3.90. The summed E-state index contributed by atoms with van der Waals surface area (Å²) in [5.74, 6) is -1.89. The summed E-state index contributed by atoms with van der Waals surface area (Å²) in [6, 6.07) is 7.96. The first-order chi connectivity index (χ1) is 9.52. The smallest absolute Gasteiger partial charge is 0.131 e. The molecule has 0 fully saturated rings. The summed E-state index contributed by atoms with van der Waals surface area (Å²) in [5.41, 5.74) is 0.643. The van der Waals surface area contributed by atoms with Gasteiger partial charge in [0.05, 0.1) is 11.6 Å². The maximum Gasteiger partial charge on any atom is 0.131 e. The van der Waals surface area contributed by atoms with Crippen molar-refractivity contribution in [2.75, 3.05) is 5.32 Å². The molecule has 20 heavy (non-hydrogen) atoms. The van der Waals surface area contributed by atoms with Gasteiger partial charge in [-0.05, 0) is 31.2 Å². The first-order valence-corrected chi connectivity index (χ1v) is 5.90. The van der Waals surface area contributed by atoms with Crippen LogP contribution in [0.3, 0.4) is 0 Å². The quantitative estimate of drug-likeness (QED) is 0.923. The molecule has 0 saturated carbocycles. The highest BCUT2D eigenvalue weighted by atomic mass is 19.1. The number of halogens is 3. The molecule has 5 heteroatoms. The Balaban J connectivity index is 2.28. The largest absolute Gasteiger partial charge is 0.380 e. The summed E-state index contributed by atoms with van der Waals surface area (Å²) in [5, 5.41) is 11.5. The molecule has 0 aromatic heterocycles. The van der Waals surface area contributed by atoms with Gasteiger partial charge in [0, 0.05) is 23.4 Å². The van der Waals surface area contributed by atoms with E-state index in [1.807, 2.05) is 6.07 Å². The third-order valence-electron chi connectivity index (χ3n) is 2.99. The second-order valence-corrected chi connectivity index (χ2v) is 4.30. The number of nitriles is 1. The Labute approximate surface area is 114 Å². The number of benzene rings is 2. The summed E-state index contributed by atoms with van der Waals surface area (Å²) in [7, 11) is 0. The lowest BCUT2D eigenvalue weighted by Gasteiger charge is -2.12. The van der Waals surface area contributed by atoms with Gasteiger partial charge in [-0.2, -0.15) is 5.26 Å². The maximum atomic E-state index is 13.6. The van der Waals surface area contributed by atoms with E-state index in [0.717, 1.165) is 18.2 Å². The van der Waals surface area contributed by atoms with E-state index in [1.165, 1.54) is 19.1 Å². The van der Waals surface area contributed by atoms with E-state index in [4.69, 9.17) is 5.26 Å². The molecule has 0 radical (unpaired) electrons. The Hall–Kier alpha value is -2.48. The maximum absolute atomic E-state index is 13.6. The molecular weight excluding hydrogens is 265 g/mol. The molecule has 0 unspecified atom stereocenters. The van der Waals surface area contributed by atoms with Gasteiger partial charge in [0.25, 0.3) is 0 Å². The molecule has 102 valence electrons. The standard InChI is InChI=1S/C15H11F3N2/c1-9-14(18)5-10(7-19)6-15(9)20-8-11-12(16)3-2-4-13(11)17/h2-6,20H,8H2,1H3. The third kappa shape index (κ3) is 2.75. The van der Waals surface area contributed by atoms with Crippen molar-refractivity contribution < 1.29 is 13.2 Å². The van der Waals surface area contributed by atoms with E-state index in [1.54, 1.807) is 0 Å². The number of nitrogens with one attached hydrogen (secondary N) is 1. The molecule has 0 aliphatic rings.